The fraction of sp³-hybridized carbons (Fsp3) is 0.533. The number of nitrogens with zero attached hydrogens (tertiary/aromatic N) is 2. The van der Waals surface area contributed by atoms with Gasteiger partial charge in [0.2, 0.25) is 5.91 Å². The lowest BCUT2D eigenvalue weighted by Crippen LogP contribution is -2.51. The zero-order valence-corrected chi connectivity index (χ0v) is 15.3. The van der Waals surface area contributed by atoms with Crippen LogP contribution in [0.2, 0.25) is 5.02 Å². The van der Waals surface area contributed by atoms with Gasteiger partial charge >= 0.3 is 0 Å². The number of anilines is 1. The number of halogens is 3. The van der Waals surface area contributed by atoms with Crippen molar-refractivity contribution in [2.24, 2.45) is 11.7 Å². The van der Waals surface area contributed by atoms with Crippen molar-refractivity contribution >= 4 is 48.0 Å². The molecule has 0 aliphatic carbocycles. The molecule has 1 aromatic carbocycles. The number of nitrogens with two attached hydrogens (primary N) is 1. The monoisotopic (exact) mass is 367 g/mol. The molecule has 0 saturated carbocycles. The molecule has 1 aromatic rings. The van der Waals surface area contributed by atoms with E-state index in [0.717, 1.165) is 36.9 Å². The molecule has 1 unspecified atom stereocenters. The van der Waals surface area contributed by atoms with E-state index in [1.54, 1.807) is 0 Å². The van der Waals surface area contributed by atoms with E-state index in [1.165, 1.54) is 5.56 Å². The van der Waals surface area contributed by atoms with Crippen LogP contribution in [0, 0.1) is 12.8 Å². The second-order valence-corrected chi connectivity index (χ2v) is 5.82. The molecule has 2 rings (SSSR count). The van der Waals surface area contributed by atoms with Crippen LogP contribution >= 0.6 is 36.4 Å². The second-order valence-electron chi connectivity index (χ2n) is 5.38. The van der Waals surface area contributed by atoms with E-state index in [1.807, 2.05) is 30.0 Å². The van der Waals surface area contributed by atoms with Gasteiger partial charge in [-0.1, -0.05) is 24.6 Å². The minimum absolute atomic E-state index is 0. The molecule has 0 bridgehead atoms. The summed E-state index contributed by atoms with van der Waals surface area (Å²) in [6.45, 7) is 7.54. The molecule has 7 heteroatoms. The van der Waals surface area contributed by atoms with E-state index < -0.39 is 0 Å². The van der Waals surface area contributed by atoms with Crippen LogP contribution in [-0.2, 0) is 4.79 Å². The van der Waals surface area contributed by atoms with Gasteiger partial charge < -0.3 is 15.5 Å². The molecule has 0 radical (unpaired) electrons. The van der Waals surface area contributed by atoms with Crippen LogP contribution in [0.1, 0.15) is 12.5 Å². The van der Waals surface area contributed by atoms with Crippen molar-refractivity contribution in [3.63, 3.8) is 0 Å². The third-order valence-electron chi connectivity index (χ3n) is 3.88. The van der Waals surface area contributed by atoms with Crippen LogP contribution in [0.4, 0.5) is 5.69 Å². The van der Waals surface area contributed by atoms with E-state index in [-0.39, 0.29) is 36.6 Å². The largest absolute Gasteiger partial charge is 0.368 e. The zero-order chi connectivity index (χ0) is 14.7. The molecule has 0 aromatic heterocycles. The lowest BCUT2D eigenvalue weighted by atomic mass is 10.1. The summed E-state index contributed by atoms with van der Waals surface area (Å²) in [6.07, 6.45) is 0. The molecule has 0 spiro atoms. The van der Waals surface area contributed by atoms with Crippen LogP contribution in [0.3, 0.4) is 0 Å². The quantitative estimate of drug-likeness (QED) is 0.892. The number of rotatable bonds is 3. The minimum atomic E-state index is -0.0885. The van der Waals surface area contributed by atoms with Crippen LogP contribution < -0.4 is 10.6 Å². The Hall–Kier alpha value is -0.680. The molecule has 1 fully saturated rings. The summed E-state index contributed by atoms with van der Waals surface area (Å²) in [5.41, 5.74) is 7.94. The number of piperazine rings is 1. The summed E-state index contributed by atoms with van der Waals surface area (Å²) in [7, 11) is 0. The highest BCUT2D eigenvalue weighted by molar-refractivity contribution is 6.30. The Balaban J connectivity index is 0.00000220. The third-order valence-corrected chi connectivity index (χ3v) is 4.11. The fourth-order valence-electron chi connectivity index (χ4n) is 2.50. The smallest absolute Gasteiger partial charge is 0.226 e. The number of aryl methyl sites for hydroxylation is 1. The Kier molecular flexibility index (Phi) is 9.16. The number of carbonyl (C=O) groups is 1. The SMILES string of the molecule is Cc1ccc(Cl)cc1N1CCN(C(=O)C(C)CN)CC1.Cl.Cl. The average Bonchev–Trinajstić information content (AvgIpc) is 2.48. The Morgan fingerprint density at radius 3 is 2.41 bits per heavy atom. The Bertz CT molecular complexity index is 491. The van der Waals surface area contributed by atoms with E-state index >= 15 is 0 Å². The van der Waals surface area contributed by atoms with Crippen LogP contribution in [-0.4, -0.2) is 43.5 Å². The predicted octanol–water partition coefficient (Wildman–Crippen LogP) is 2.74. The molecule has 2 N–H and O–H groups in total. The third kappa shape index (κ3) is 4.92. The average molecular weight is 369 g/mol. The van der Waals surface area contributed by atoms with Gasteiger partial charge in [-0.3, -0.25) is 4.79 Å². The Morgan fingerprint density at radius 1 is 1.27 bits per heavy atom. The van der Waals surface area contributed by atoms with Gasteiger partial charge in [0, 0.05) is 49.4 Å². The molecule has 1 amide bonds. The number of benzene rings is 1. The van der Waals surface area contributed by atoms with Crippen LogP contribution in [0.15, 0.2) is 18.2 Å². The van der Waals surface area contributed by atoms with Crippen molar-refractivity contribution in [1.82, 2.24) is 4.90 Å². The molecule has 1 atom stereocenters. The molecule has 4 nitrogen and oxygen atoms in total. The first-order valence-corrected chi connectivity index (χ1v) is 7.40. The Labute approximate surface area is 149 Å². The number of amides is 1. The summed E-state index contributed by atoms with van der Waals surface area (Å²) in [4.78, 5) is 16.3. The summed E-state index contributed by atoms with van der Waals surface area (Å²) in [6, 6.07) is 5.94. The molecular weight excluding hydrogens is 345 g/mol. The Morgan fingerprint density at radius 2 is 1.86 bits per heavy atom. The number of hydrogen-bond acceptors (Lipinski definition) is 3. The van der Waals surface area contributed by atoms with Crippen molar-refractivity contribution in [3.8, 4) is 0 Å². The summed E-state index contributed by atoms with van der Waals surface area (Å²) >= 11 is 6.07. The van der Waals surface area contributed by atoms with Crippen molar-refractivity contribution < 1.29 is 4.79 Å². The molecule has 1 aliphatic rings. The van der Waals surface area contributed by atoms with Crippen molar-refractivity contribution in [1.29, 1.82) is 0 Å². The highest BCUT2D eigenvalue weighted by atomic mass is 35.5. The first-order valence-electron chi connectivity index (χ1n) is 7.03. The van der Waals surface area contributed by atoms with Gasteiger partial charge in [0.05, 0.1) is 0 Å². The van der Waals surface area contributed by atoms with Gasteiger partial charge in [-0.2, -0.15) is 0 Å². The number of hydrogen-bond donors (Lipinski definition) is 1. The van der Waals surface area contributed by atoms with E-state index in [0.29, 0.717) is 6.54 Å². The molecular formula is C15H24Cl3N3O. The molecule has 22 heavy (non-hydrogen) atoms. The maximum Gasteiger partial charge on any atom is 0.226 e. The summed E-state index contributed by atoms with van der Waals surface area (Å²) < 4.78 is 0. The number of carbonyl (C=O) groups excluding carboxylic acids is 1. The van der Waals surface area contributed by atoms with Gasteiger partial charge in [-0.05, 0) is 24.6 Å². The molecule has 126 valence electrons. The lowest BCUT2D eigenvalue weighted by molar-refractivity contribution is -0.134. The van der Waals surface area contributed by atoms with Crippen LogP contribution in [0.25, 0.3) is 0 Å². The molecule has 1 heterocycles. The first kappa shape index (κ1) is 21.3. The lowest BCUT2D eigenvalue weighted by Gasteiger charge is -2.37. The highest BCUT2D eigenvalue weighted by Crippen LogP contribution is 2.25. The highest BCUT2D eigenvalue weighted by Gasteiger charge is 2.24. The van der Waals surface area contributed by atoms with Crippen molar-refractivity contribution in [2.45, 2.75) is 13.8 Å². The predicted molar refractivity (Wildman–Crippen MR) is 97.7 cm³/mol. The fourth-order valence-corrected chi connectivity index (χ4v) is 2.67. The minimum Gasteiger partial charge on any atom is -0.368 e. The van der Waals surface area contributed by atoms with Gasteiger partial charge in [-0.15, -0.1) is 24.8 Å². The van der Waals surface area contributed by atoms with E-state index in [9.17, 15) is 4.79 Å². The molecule has 1 saturated heterocycles. The van der Waals surface area contributed by atoms with E-state index in [2.05, 4.69) is 11.8 Å². The molecule has 1 aliphatic heterocycles. The zero-order valence-electron chi connectivity index (χ0n) is 12.9. The maximum atomic E-state index is 12.1. The van der Waals surface area contributed by atoms with Crippen molar-refractivity contribution in [3.05, 3.63) is 28.8 Å². The maximum absolute atomic E-state index is 12.1. The van der Waals surface area contributed by atoms with Crippen molar-refractivity contribution in [2.75, 3.05) is 37.6 Å². The standard InChI is InChI=1S/C15H22ClN3O.2ClH/c1-11-3-4-13(16)9-14(11)18-5-7-19(8-6-18)15(20)12(2)10-17;;/h3-4,9,12H,5-8,10,17H2,1-2H3;2*1H. The topological polar surface area (TPSA) is 49.6 Å². The van der Waals surface area contributed by atoms with Gasteiger partial charge in [0.1, 0.15) is 0 Å². The van der Waals surface area contributed by atoms with Crippen LogP contribution in [0.5, 0.6) is 0 Å². The van der Waals surface area contributed by atoms with Gasteiger partial charge in [0.25, 0.3) is 0 Å². The first-order chi connectivity index (χ1) is 9.52. The summed E-state index contributed by atoms with van der Waals surface area (Å²) in [5, 5.41) is 0.751. The van der Waals surface area contributed by atoms with Gasteiger partial charge in [0.15, 0.2) is 0 Å². The van der Waals surface area contributed by atoms with E-state index in [4.69, 9.17) is 17.3 Å². The van der Waals surface area contributed by atoms with Gasteiger partial charge in [-0.25, -0.2) is 0 Å². The summed E-state index contributed by atoms with van der Waals surface area (Å²) in [5.74, 6) is 0.0735. The second kappa shape index (κ2) is 9.46. The normalized spacial score (nSPS) is 15.6.